The average Bonchev–Trinajstić information content (AvgIpc) is 2.44. The van der Waals surface area contributed by atoms with E-state index in [2.05, 4.69) is 6.08 Å². The van der Waals surface area contributed by atoms with E-state index in [9.17, 15) is 9.18 Å². The van der Waals surface area contributed by atoms with Crippen molar-refractivity contribution in [1.82, 2.24) is 4.90 Å². The molecule has 0 aliphatic carbocycles. The fourth-order valence-electron chi connectivity index (χ4n) is 2.46. The Balaban J connectivity index is 1.83. The summed E-state index contributed by atoms with van der Waals surface area (Å²) in [7, 11) is 0. The number of amides is 1. The summed E-state index contributed by atoms with van der Waals surface area (Å²) in [5.41, 5.74) is 0.417. The fraction of sp³-hybridized carbons (Fsp3) is 0.500. The highest BCUT2D eigenvalue weighted by molar-refractivity contribution is 5.68. The number of allylic oxidation sites excluding steroid dienone is 1. The van der Waals surface area contributed by atoms with Gasteiger partial charge in [0, 0.05) is 13.1 Å². The molecular weight excluding hydrogens is 281 g/mol. The SMILES string of the molecule is CC(C)(C)OC(=O)N1CCC(/C=C/c2cccc(F)c2)CC1. The van der Waals surface area contributed by atoms with E-state index in [1.54, 1.807) is 11.0 Å². The fourth-order valence-corrected chi connectivity index (χ4v) is 2.46. The Morgan fingerprint density at radius 3 is 2.59 bits per heavy atom. The van der Waals surface area contributed by atoms with E-state index in [4.69, 9.17) is 4.74 Å². The lowest BCUT2D eigenvalue weighted by molar-refractivity contribution is 0.0197. The van der Waals surface area contributed by atoms with Gasteiger partial charge in [0.1, 0.15) is 11.4 Å². The minimum absolute atomic E-state index is 0.220. The molecule has 1 aliphatic rings. The van der Waals surface area contributed by atoms with Gasteiger partial charge in [-0.25, -0.2) is 9.18 Å². The first-order valence-electron chi connectivity index (χ1n) is 7.75. The van der Waals surface area contributed by atoms with Crippen LogP contribution in [0.4, 0.5) is 9.18 Å². The zero-order valence-corrected chi connectivity index (χ0v) is 13.5. The largest absolute Gasteiger partial charge is 0.444 e. The lowest BCUT2D eigenvalue weighted by atomic mass is 9.96. The Kier molecular flexibility index (Phi) is 5.22. The highest BCUT2D eigenvalue weighted by Gasteiger charge is 2.25. The molecule has 0 saturated carbocycles. The van der Waals surface area contributed by atoms with Gasteiger partial charge >= 0.3 is 6.09 Å². The first-order chi connectivity index (χ1) is 10.3. The van der Waals surface area contributed by atoms with Gasteiger partial charge in [-0.2, -0.15) is 0 Å². The Morgan fingerprint density at radius 2 is 2.00 bits per heavy atom. The number of ether oxygens (including phenoxy) is 1. The number of hydrogen-bond acceptors (Lipinski definition) is 2. The predicted molar refractivity (Wildman–Crippen MR) is 86.0 cm³/mol. The Bertz CT molecular complexity index is 540. The van der Waals surface area contributed by atoms with Gasteiger partial charge in [0.15, 0.2) is 0 Å². The molecule has 1 aromatic carbocycles. The molecule has 1 aromatic rings. The van der Waals surface area contributed by atoms with Crippen LogP contribution in [-0.4, -0.2) is 29.7 Å². The summed E-state index contributed by atoms with van der Waals surface area (Å²) >= 11 is 0. The van der Waals surface area contributed by atoms with Crippen molar-refractivity contribution in [2.24, 2.45) is 5.92 Å². The number of likely N-dealkylation sites (tertiary alicyclic amines) is 1. The first kappa shape index (κ1) is 16.5. The molecule has 1 aliphatic heterocycles. The summed E-state index contributed by atoms with van der Waals surface area (Å²) in [6.07, 6.45) is 5.65. The molecule has 1 fully saturated rings. The van der Waals surface area contributed by atoms with Gasteiger partial charge in [0.05, 0.1) is 0 Å². The van der Waals surface area contributed by atoms with Crippen molar-refractivity contribution in [3.05, 3.63) is 41.7 Å². The van der Waals surface area contributed by atoms with Gasteiger partial charge in [0.25, 0.3) is 0 Å². The van der Waals surface area contributed by atoms with E-state index >= 15 is 0 Å². The maximum absolute atomic E-state index is 13.1. The molecule has 0 N–H and O–H groups in total. The minimum Gasteiger partial charge on any atom is -0.444 e. The monoisotopic (exact) mass is 305 g/mol. The Hall–Kier alpha value is -1.84. The highest BCUT2D eigenvalue weighted by Crippen LogP contribution is 2.21. The van der Waals surface area contributed by atoms with E-state index in [1.165, 1.54) is 12.1 Å². The summed E-state index contributed by atoms with van der Waals surface area (Å²) < 4.78 is 18.5. The van der Waals surface area contributed by atoms with E-state index in [0.29, 0.717) is 19.0 Å². The van der Waals surface area contributed by atoms with Crippen molar-refractivity contribution in [2.45, 2.75) is 39.2 Å². The summed E-state index contributed by atoms with van der Waals surface area (Å²) in [5.74, 6) is 0.198. The molecule has 120 valence electrons. The molecule has 2 rings (SSSR count). The number of benzene rings is 1. The van der Waals surface area contributed by atoms with Crippen LogP contribution < -0.4 is 0 Å². The van der Waals surface area contributed by atoms with Crippen LogP contribution in [0.2, 0.25) is 0 Å². The summed E-state index contributed by atoms with van der Waals surface area (Å²) in [5, 5.41) is 0. The zero-order chi connectivity index (χ0) is 16.2. The molecule has 22 heavy (non-hydrogen) atoms. The maximum atomic E-state index is 13.1. The Morgan fingerprint density at radius 1 is 1.32 bits per heavy atom. The first-order valence-corrected chi connectivity index (χ1v) is 7.75. The number of halogens is 1. The third kappa shape index (κ3) is 5.17. The lowest BCUT2D eigenvalue weighted by Crippen LogP contribution is -2.41. The number of hydrogen-bond donors (Lipinski definition) is 0. The van der Waals surface area contributed by atoms with Gasteiger partial charge in [-0.3, -0.25) is 0 Å². The minimum atomic E-state index is -0.453. The summed E-state index contributed by atoms with van der Waals surface area (Å²) in [6.45, 7) is 7.03. The molecule has 3 nitrogen and oxygen atoms in total. The number of carbonyl (C=O) groups is 1. The molecular formula is C18H24FNO2. The van der Waals surface area contributed by atoms with Gasteiger partial charge in [0.2, 0.25) is 0 Å². The number of piperidine rings is 1. The van der Waals surface area contributed by atoms with Crippen LogP contribution in [0.15, 0.2) is 30.3 Å². The lowest BCUT2D eigenvalue weighted by Gasteiger charge is -2.32. The third-order valence-electron chi connectivity index (χ3n) is 3.60. The normalized spacial score (nSPS) is 17.0. The van der Waals surface area contributed by atoms with Crippen molar-refractivity contribution >= 4 is 12.2 Å². The molecule has 0 aromatic heterocycles. The van der Waals surface area contributed by atoms with E-state index in [1.807, 2.05) is 32.9 Å². The van der Waals surface area contributed by atoms with Crippen molar-refractivity contribution < 1.29 is 13.9 Å². The molecule has 1 saturated heterocycles. The van der Waals surface area contributed by atoms with Gasteiger partial charge in [-0.15, -0.1) is 0 Å². The third-order valence-corrected chi connectivity index (χ3v) is 3.60. The molecule has 1 heterocycles. The topological polar surface area (TPSA) is 29.5 Å². The zero-order valence-electron chi connectivity index (χ0n) is 13.5. The highest BCUT2D eigenvalue weighted by atomic mass is 19.1. The number of carbonyl (C=O) groups excluding carboxylic acids is 1. The van der Waals surface area contributed by atoms with E-state index < -0.39 is 5.60 Å². The maximum Gasteiger partial charge on any atom is 0.410 e. The predicted octanol–water partition coefficient (Wildman–Crippen LogP) is 4.49. The number of rotatable bonds is 2. The van der Waals surface area contributed by atoms with E-state index in [-0.39, 0.29) is 11.9 Å². The van der Waals surface area contributed by atoms with Gasteiger partial charge in [-0.1, -0.05) is 24.3 Å². The van der Waals surface area contributed by atoms with Crippen LogP contribution >= 0.6 is 0 Å². The van der Waals surface area contributed by atoms with Crippen LogP contribution in [0, 0.1) is 11.7 Å². The van der Waals surface area contributed by atoms with Crippen LogP contribution in [0.3, 0.4) is 0 Å². The van der Waals surface area contributed by atoms with Crippen molar-refractivity contribution in [1.29, 1.82) is 0 Å². The number of nitrogens with zero attached hydrogens (tertiary/aromatic N) is 1. The van der Waals surface area contributed by atoms with Crippen molar-refractivity contribution in [2.75, 3.05) is 13.1 Å². The van der Waals surface area contributed by atoms with Crippen LogP contribution in [-0.2, 0) is 4.74 Å². The standard InChI is InChI=1S/C18H24FNO2/c1-18(2,3)22-17(21)20-11-9-14(10-12-20)7-8-15-5-4-6-16(19)13-15/h4-8,13-14H,9-12H2,1-3H3/b8-7+. The molecule has 0 bridgehead atoms. The molecule has 0 atom stereocenters. The average molecular weight is 305 g/mol. The Labute approximate surface area is 131 Å². The summed E-state index contributed by atoms with van der Waals surface area (Å²) in [4.78, 5) is 13.7. The van der Waals surface area contributed by atoms with E-state index in [0.717, 1.165) is 18.4 Å². The second kappa shape index (κ2) is 6.95. The van der Waals surface area contributed by atoms with Crippen LogP contribution in [0.1, 0.15) is 39.2 Å². The van der Waals surface area contributed by atoms with Gasteiger partial charge < -0.3 is 9.64 Å². The second-order valence-electron chi connectivity index (χ2n) is 6.72. The molecule has 0 spiro atoms. The second-order valence-corrected chi connectivity index (χ2v) is 6.72. The molecule has 0 unspecified atom stereocenters. The molecule has 0 radical (unpaired) electrons. The quantitative estimate of drug-likeness (QED) is 0.806. The van der Waals surface area contributed by atoms with Gasteiger partial charge in [-0.05, 0) is 57.2 Å². The van der Waals surface area contributed by atoms with Crippen LogP contribution in [0.25, 0.3) is 6.08 Å². The summed E-state index contributed by atoms with van der Waals surface area (Å²) in [6, 6.07) is 6.55. The van der Waals surface area contributed by atoms with Crippen molar-refractivity contribution in [3.8, 4) is 0 Å². The molecule has 4 heteroatoms. The molecule has 1 amide bonds. The van der Waals surface area contributed by atoms with Crippen LogP contribution in [0.5, 0.6) is 0 Å². The van der Waals surface area contributed by atoms with Crippen molar-refractivity contribution in [3.63, 3.8) is 0 Å². The smallest absolute Gasteiger partial charge is 0.410 e.